The van der Waals surface area contributed by atoms with Crippen LogP contribution in [0, 0.1) is 0 Å². The van der Waals surface area contributed by atoms with Crippen molar-refractivity contribution in [2.24, 2.45) is 0 Å². The van der Waals surface area contributed by atoms with Crippen LogP contribution in [0.15, 0.2) is 23.7 Å². The standard InChI is InChI=1S/C10H17ClO2/c1-6-8(12-5)9(7-2)13-10(3,4)11/h6-7H,1-5H3/b8-6+,9-7+. The van der Waals surface area contributed by atoms with Crippen LogP contribution in [0.2, 0.25) is 0 Å². The second kappa shape index (κ2) is 5.18. The summed E-state index contributed by atoms with van der Waals surface area (Å²) in [4.78, 5) is 0. The van der Waals surface area contributed by atoms with E-state index >= 15 is 0 Å². The molecular weight excluding hydrogens is 188 g/mol. The van der Waals surface area contributed by atoms with Crippen LogP contribution >= 0.6 is 11.6 Å². The molecule has 0 atom stereocenters. The van der Waals surface area contributed by atoms with Gasteiger partial charge < -0.3 is 9.47 Å². The summed E-state index contributed by atoms with van der Waals surface area (Å²) in [5.41, 5.74) is 0. The van der Waals surface area contributed by atoms with Gasteiger partial charge in [-0.05, 0) is 39.8 Å². The number of hydrogen-bond donors (Lipinski definition) is 0. The number of halogens is 1. The average Bonchev–Trinajstić information content (AvgIpc) is 2.02. The highest BCUT2D eigenvalue weighted by atomic mass is 35.5. The van der Waals surface area contributed by atoms with Gasteiger partial charge in [-0.25, -0.2) is 0 Å². The van der Waals surface area contributed by atoms with E-state index in [1.807, 2.05) is 26.0 Å². The van der Waals surface area contributed by atoms with Crippen molar-refractivity contribution in [1.29, 1.82) is 0 Å². The highest BCUT2D eigenvalue weighted by Gasteiger charge is 2.18. The zero-order valence-electron chi connectivity index (χ0n) is 8.85. The molecule has 0 rings (SSSR count). The number of methoxy groups -OCH3 is 1. The third kappa shape index (κ3) is 4.83. The van der Waals surface area contributed by atoms with Gasteiger partial charge in [0.2, 0.25) is 0 Å². The van der Waals surface area contributed by atoms with Crippen molar-refractivity contribution in [3.63, 3.8) is 0 Å². The first-order valence-electron chi connectivity index (χ1n) is 4.19. The fourth-order valence-electron chi connectivity index (χ4n) is 0.874. The van der Waals surface area contributed by atoms with Gasteiger partial charge in [-0.15, -0.1) is 0 Å². The molecule has 76 valence electrons. The minimum Gasteiger partial charge on any atom is -0.493 e. The van der Waals surface area contributed by atoms with E-state index < -0.39 is 5.06 Å². The smallest absolute Gasteiger partial charge is 0.177 e. The first kappa shape index (κ1) is 12.4. The predicted octanol–water partition coefficient (Wildman–Crippen LogP) is 3.43. The SMILES string of the molecule is C/C=C(OC)\C(=C/C)OC(C)(C)Cl. The Bertz CT molecular complexity index is 211. The number of rotatable bonds is 4. The van der Waals surface area contributed by atoms with Gasteiger partial charge in [0.15, 0.2) is 16.6 Å². The van der Waals surface area contributed by atoms with E-state index in [0.29, 0.717) is 11.5 Å². The van der Waals surface area contributed by atoms with Gasteiger partial charge in [0.05, 0.1) is 7.11 Å². The lowest BCUT2D eigenvalue weighted by Crippen LogP contribution is -2.16. The molecule has 2 nitrogen and oxygen atoms in total. The molecule has 0 radical (unpaired) electrons. The van der Waals surface area contributed by atoms with Gasteiger partial charge in [-0.2, -0.15) is 0 Å². The van der Waals surface area contributed by atoms with Crippen LogP contribution in [-0.2, 0) is 9.47 Å². The fraction of sp³-hybridized carbons (Fsp3) is 0.600. The van der Waals surface area contributed by atoms with Gasteiger partial charge in [0.1, 0.15) is 0 Å². The van der Waals surface area contributed by atoms with E-state index in [2.05, 4.69) is 0 Å². The zero-order chi connectivity index (χ0) is 10.5. The Balaban J connectivity index is 4.55. The van der Waals surface area contributed by atoms with E-state index in [9.17, 15) is 0 Å². The van der Waals surface area contributed by atoms with Gasteiger partial charge >= 0.3 is 0 Å². The van der Waals surface area contributed by atoms with Crippen LogP contribution in [0.3, 0.4) is 0 Å². The summed E-state index contributed by atoms with van der Waals surface area (Å²) in [5, 5.41) is -0.714. The molecule has 0 aromatic heterocycles. The number of alkyl halides is 1. The third-order valence-electron chi connectivity index (χ3n) is 1.34. The maximum absolute atomic E-state index is 5.92. The minimum atomic E-state index is -0.714. The summed E-state index contributed by atoms with van der Waals surface area (Å²) in [5.74, 6) is 1.35. The molecule has 0 aromatic rings. The lowest BCUT2D eigenvalue weighted by molar-refractivity contribution is 0.0947. The molecular formula is C10H17ClO2. The molecule has 0 unspecified atom stereocenters. The lowest BCUT2D eigenvalue weighted by atomic mass is 10.3. The Morgan fingerprint density at radius 3 is 1.85 bits per heavy atom. The van der Waals surface area contributed by atoms with E-state index in [-0.39, 0.29) is 0 Å². The van der Waals surface area contributed by atoms with Crippen molar-refractivity contribution >= 4 is 11.6 Å². The second-order valence-corrected chi connectivity index (χ2v) is 3.89. The zero-order valence-corrected chi connectivity index (χ0v) is 9.61. The number of allylic oxidation sites excluding steroid dienone is 2. The lowest BCUT2D eigenvalue weighted by Gasteiger charge is -2.21. The predicted molar refractivity (Wildman–Crippen MR) is 55.5 cm³/mol. The van der Waals surface area contributed by atoms with Crippen molar-refractivity contribution in [2.45, 2.75) is 32.8 Å². The molecule has 13 heavy (non-hydrogen) atoms. The highest BCUT2D eigenvalue weighted by molar-refractivity contribution is 6.22. The molecule has 0 heterocycles. The van der Waals surface area contributed by atoms with E-state index in [0.717, 1.165) is 0 Å². The Morgan fingerprint density at radius 2 is 1.62 bits per heavy atom. The molecule has 0 N–H and O–H groups in total. The van der Waals surface area contributed by atoms with E-state index in [1.165, 1.54) is 0 Å². The maximum atomic E-state index is 5.92. The molecule has 0 saturated heterocycles. The van der Waals surface area contributed by atoms with Crippen molar-refractivity contribution in [3.8, 4) is 0 Å². The molecule has 0 amide bonds. The van der Waals surface area contributed by atoms with Crippen LogP contribution in [0.25, 0.3) is 0 Å². The van der Waals surface area contributed by atoms with Gasteiger partial charge in [0.25, 0.3) is 0 Å². The summed E-state index contributed by atoms with van der Waals surface area (Å²) < 4.78 is 10.6. The van der Waals surface area contributed by atoms with Gasteiger partial charge in [-0.1, -0.05) is 11.6 Å². The van der Waals surface area contributed by atoms with Crippen molar-refractivity contribution in [1.82, 2.24) is 0 Å². The molecule has 0 aliphatic carbocycles. The molecule has 0 saturated carbocycles. The first-order valence-corrected chi connectivity index (χ1v) is 4.57. The van der Waals surface area contributed by atoms with E-state index in [1.54, 1.807) is 21.0 Å². The van der Waals surface area contributed by atoms with Crippen molar-refractivity contribution < 1.29 is 9.47 Å². The van der Waals surface area contributed by atoms with Gasteiger partial charge in [0, 0.05) is 0 Å². The molecule has 0 aliphatic heterocycles. The van der Waals surface area contributed by atoms with Gasteiger partial charge in [-0.3, -0.25) is 0 Å². The summed E-state index contributed by atoms with van der Waals surface area (Å²) in [6.07, 6.45) is 3.65. The van der Waals surface area contributed by atoms with Crippen molar-refractivity contribution in [3.05, 3.63) is 23.7 Å². The Labute approximate surface area is 85.2 Å². The Kier molecular flexibility index (Phi) is 4.92. The van der Waals surface area contributed by atoms with Crippen LogP contribution in [0.1, 0.15) is 27.7 Å². The fourth-order valence-corrected chi connectivity index (χ4v) is 0.957. The van der Waals surface area contributed by atoms with Crippen LogP contribution in [-0.4, -0.2) is 12.2 Å². The summed E-state index contributed by atoms with van der Waals surface area (Å²) >= 11 is 5.92. The maximum Gasteiger partial charge on any atom is 0.177 e. The monoisotopic (exact) mass is 204 g/mol. The molecule has 0 spiro atoms. The highest BCUT2D eigenvalue weighted by Crippen LogP contribution is 2.23. The topological polar surface area (TPSA) is 18.5 Å². The normalized spacial score (nSPS) is 14.3. The Hall–Kier alpha value is -0.630. The number of ether oxygens (including phenoxy) is 2. The first-order chi connectivity index (χ1) is 5.94. The van der Waals surface area contributed by atoms with Crippen molar-refractivity contribution in [2.75, 3.05) is 7.11 Å². The second-order valence-electron chi connectivity index (χ2n) is 2.98. The molecule has 0 aromatic carbocycles. The summed E-state index contributed by atoms with van der Waals surface area (Å²) in [6.45, 7) is 7.31. The average molecular weight is 205 g/mol. The van der Waals surface area contributed by atoms with Crippen LogP contribution in [0.4, 0.5) is 0 Å². The molecule has 3 heteroatoms. The number of hydrogen-bond acceptors (Lipinski definition) is 2. The molecule has 0 fully saturated rings. The minimum absolute atomic E-state index is 0.657. The van der Waals surface area contributed by atoms with Crippen LogP contribution in [0.5, 0.6) is 0 Å². The molecule has 0 bridgehead atoms. The Morgan fingerprint density at radius 1 is 1.15 bits per heavy atom. The quantitative estimate of drug-likeness (QED) is 0.397. The third-order valence-corrected chi connectivity index (χ3v) is 1.42. The summed E-state index contributed by atoms with van der Waals surface area (Å²) in [6, 6.07) is 0. The van der Waals surface area contributed by atoms with E-state index in [4.69, 9.17) is 21.1 Å². The largest absolute Gasteiger partial charge is 0.493 e. The molecule has 0 aliphatic rings. The van der Waals surface area contributed by atoms with Crippen LogP contribution < -0.4 is 0 Å². The summed E-state index contributed by atoms with van der Waals surface area (Å²) in [7, 11) is 1.60.